The maximum atomic E-state index is 12.2. The van der Waals surface area contributed by atoms with Crippen LogP contribution in [-0.2, 0) is 17.8 Å². The molecule has 0 unspecified atom stereocenters. The molecule has 26 heavy (non-hydrogen) atoms. The van der Waals surface area contributed by atoms with Crippen molar-refractivity contribution in [2.24, 2.45) is 0 Å². The predicted octanol–water partition coefficient (Wildman–Crippen LogP) is 4.27. The summed E-state index contributed by atoms with van der Waals surface area (Å²) >= 11 is 3.42. The highest BCUT2D eigenvalue weighted by molar-refractivity contribution is 9.10. The van der Waals surface area contributed by atoms with Gasteiger partial charge in [0, 0.05) is 10.5 Å². The van der Waals surface area contributed by atoms with Gasteiger partial charge in [-0.1, -0.05) is 47.1 Å². The number of rotatable bonds is 7. The van der Waals surface area contributed by atoms with Gasteiger partial charge in [-0.15, -0.1) is 0 Å². The minimum atomic E-state index is -0.218. The molecule has 1 aromatic heterocycles. The molecular formula is C20H20BrN3O2. The summed E-state index contributed by atoms with van der Waals surface area (Å²) in [5, 5.41) is 7.13. The van der Waals surface area contributed by atoms with E-state index in [1.807, 2.05) is 48.5 Å². The molecule has 0 fully saturated rings. The number of anilines is 1. The van der Waals surface area contributed by atoms with Crippen LogP contribution in [0.4, 0.5) is 5.82 Å². The number of amides is 1. The van der Waals surface area contributed by atoms with E-state index in [0.717, 1.165) is 16.5 Å². The molecule has 1 N–H and O–H groups in total. The van der Waals surface area contributed by atoms with Crippen LogP contribution in [0.2, 0.25) is 0 Å². The zero-order chi connectivity index (χ0) is 18.4. The summed E-state index contributed by atoms with van der Waals surface area (Å²) < 4.78 is 8.36. The van der Waals surface area contributed by atoms with Gasteiger partial charge in [0.1, 0.15) is 11.6 Å². The largest absolute Gasteiger partial charge is 0.484 e. The van der Waals surface area contributed by atoms with Gasteiger partial charge in [-0.05, 0) is 41.8 Å². The molecule has 0 bridgehead atoms. The first-order valence-electron chi connectivity index (χ1n) is 8.42. The number of aromatic nitrogens is 2. The molecule has 0 spiro atoms. The summed E-state index contributed by atoms with van der Waals surface area (Å²) in [6.45, 7) is 2.62. The van der Waals surface area contributed by atoms with Crippen molar-refractivity contribution < 1.29 is 9.53 Å². The second-order valence-electron chi connectivity index (χ2n) is 5.84. The molecule has 3 rings (SSSR count). The molecule has 134 valence electrons. The Morgan fingerprint density at radius 3 is 2.73 bits per heavy atom. The van der Waals surface area contributed by atoms with Crippen molar-refractivity contribution in [3.05, 3.63) is 76.4 Å². The number of hydrogen-bond donors (Lipinski definition) is 1. The summed E-state index contributed by atoms with van der Waals surface area (Å²) in [6.07, 6.45) is 2.60. The molecule has 0 radical (unpaired) electrons. The van der Waals surface area contributed by atoms with E-state index in [4.69, 9.17) is 4.74 Å². The average Bonchev–Trinajstić information content (AvgIpc) is 3.08. The highest BCUT2D eigenvalue weighted by atomic mass is 79.9. The maximum absolute atomic E-state index is 12.2. The van der Waals surface area contributed by atoms with Gasteiger partial charge in [-0.25, -0.2) is 4.68 Å². The number of carbonyl (C=O) groups is 1. The van der Waals surface area contributed by atoms with Gasteiger partial charge in [0.2, 0.25) is 0 Å². The van der Waals surface area contributed by atoms with E-state index < -0.39 is 0 Å². The van der Waals surface area contributed by atoms with E-state index in [1.165, 1.54) is 5.56 Å². The van der Waals surface area contributed by atoms with Crippen LogP contribution in [0.3, 0.4) is 0 Å². The van der Waals surface area contributed by atoms with Gasteiger partial charge in [0.05, 0.1) is 12.7 Å². The lowest BCUT2D eigenvalue weighted by molar-refractivity contribution is -0.118. The van der Waals surface area contributed by atoms with Crippen LogP contribution >= 0.6 is 15.9 Å². The van der Waals surface area contributed by atoms with Crippen LogP contribution in [0.1, 0.15) is 18.1 Å². The van der Waals surface area contributed by atoms with Crippen LogP contribution in [0.25, 0.3) is 0 Å². The third-order valence-corrected chi connectivity index (χ3v) is 4.43. The summed E-state index contributed by atoms with van der Waals surface area (Å²) in [7, 11) is 0. The van der Waals surface area contributed by atoms with E-state index in [2.05, 4.69) is 33.3 Å². The van der Waals surface area contributed by atoms with E-state index in [1.54, 1.807) is 16.9 Å². The molecule has 3 aromatic rings. The van der Waals surface area contributed by atoms with Crippen molar-refractivity contribution in [2.75, 3.05) is 11.9 Å². The smallest absolute Gasteiger partial charge is 0.263 e. The summed E-state index contributed by atoms with van der Waals surface area (Å²) in [5.74, 6) is 1.12. The van der Waals surface area contributed by atoms with Crippen molar-refractivity contribution in [1.82, 2.24) is 9.78 Å². The Morgan fingerprint density at radius 2 is 1.96 bits per heavy atom. The highest BCUT2D eigenvalue weighted by Crippen LogP contribution is 2.15. The second-order valence-corrected chi connectivity index (χ2v) is 6.75. The molecular weight excluding hydrogens is 394 g/mol. The molecule has 0 saturated carbocycles. The number of nitrogens with zero attached hydrogens (tertiary/aromatic N) is 2. The first kappa shape index (κ1) is 18.2. The zero-order valence-electron chi connectivity index (χ0n) is 14.5. The highest BCUT2D eigenvalue weighted by Gasteiger charge is 2.09. The molecule has 0 aliphatic rings. The summed E-state index contributed by atoms with van der Waals surface area (Å²) in [4.78, 5) is 12.2. The normalized spacial score (nSPS) is 10.5. The van der Waals surface area contributed by atoms with Gasteiger partial charge in [-0.3, -0.25) is 4.79 Å². The van der Waals surface area contributed by atoms with Crippen LogP contribution < -0.4 is 10.1 Å². The lowest BCUT2D eigenvalue weighted by Gasteiger charge is -2.10. The third kappa shape index (κ3) is 4.95. The van der Waals surface area contributed by atoms with Crippen LogP contribution in [-0.4, -0.2) is 22.3 Å². The fourth-order valence-corrected chi connectivity index (χ4v) is 2.77. The molecule has 0 aliphatic carbocycles. The quantitative estimate of drug-likeness (QED) is 0.628. The molecule has 6 heteroatoms. The Balaban J connectivity index is 1.57. The van der Waals surface area contributed by atoms with Crippen molar-refractivity contribution >= 4 is 27.7 Å². The third-order valence-electron chi connectivity index (χ3n) is 3.91. The van der Waals surface area contributed by atoms with Crippen LogP contribution in [0.15, 0.2) is 65.3 Å². The van der Waals surface area contributed by atoms with E-state index in [9.17, 15) is 4.79 Å². The SMILES string of the molecule is CCc1cccc(OCC(=O)Nc2ccnn2Cc2ccc(Br)cc2)c1. The summed E-state index contributed by atoms with van der Waals surface area (Å²) in [5.41, 5.74) is 2.27. The van der Waals surface area contributed by atoms with Crippen LogP contribution in [0, 0.1) is 0 Å². The fourth-order valence-electron chi connectivity index (χ4n) is 2.51. The number of aryl methyl sites for hydroxylation is 1. The van der Waals surface area contributed by atoms with Crippen molar-refractivity contribution in [2.45, 2.75) is 19.9 Å². The Bertz CT molecular complexity index is 875. The van der Waals surface area contributed by atoms with Gasteiger partial charge in [0.25, 0.3) is 5.91 Å². The average molecular weight is 414 g/mol. The topological polar surface area (TPSA) is 56.1 Å². The minimum absolute atomic E-state index is 0.0450. The molecule has 1 heterocycles. The molecule has 1 amide bonds. The van der Waals surface area contributed by atoms with Crippen molar-refractivity contribution in [3.63, 3.8) is 0 Å². The van der Waals surface area contributed by atoms with Crippen molar-refractivity contribution in [3.8, 4) is 5.75 Å². The van der Waals surface area contributed by atoms with E-state index in [0.29, 0.717) is 18.1 Å². The predicted molar refractivity (Wildman–Crippen MR) is 105 cm³/mol. The molecule has 0 saturated heterocycles. The van der Waals surface area contributed by atoms with Gasteiger partial charge in [0.15, 0.2) is 6.61 Å². The monoisotopic (exact) mass is 413 g/mol. The number of carbonyl (C=O) groups excluding carboxylic acids is 1. The molecule has 0 aliphatic heterocycles. The Labute approximate surface area is 161 Å². The van der Waals surface area contributed by atoms with Gasteiger partial charge >= 0.3 is 0 Å². The molecule has 2 aromatic carbocycles. The minimum Gasteiger partial charge on any atom is -0.484 e. The number of benzene rings is 2. The second kappa shape index (κ2) is 8.67. The number of ether oxygens (including phenoxy) is 1. The standard InChI is InChI=1S/C20H20BrN3O2/c1-2-15-4-3-5-18(12-15)26-14-20(25)23-19-10-11-22-24(19)13-16-6-8-17(21)9-7-16/h3-12H,2,13-14H2,1H3,(H,23,25). The van der Waals surface area contributed by atoms with Crippen molar-refractivity contribution in [1.29, 1.82) is 0 Å². The fraction of sp³-hybridized carbons (Fsp3) is 0.200. The Kier molecular flexibility index (Phi) is 6.07. The lowest BCUT2D eigenvalue weighted by atomic mass is 10.2. The molecule has 5 nitrogen and oxygen atoms in total. The van der Waals surface area contributed by atoms with Crippen LogP contribution in [0.5, 0.6) is 5.75 Å². The van der Waals surface area contributed by atoms with Gasteiger partial charge < -0.3 is 10.1 Å². The molecule has 0 atom stereocenters. The van der Waals surface area contributed by atoms with E-state index in [-0.39, 0.29) is 12.5 Å². The Hall–Kier alpha value is -2.60. The van der Waals surface area contributed by atoms with E-state index >= 15 is 0 Å². The first-order valence-corrected chi connectivity index (χ1v) is 9.21. The number of nitrogens with one attached hydrogen (secondary N) is 1. The number of hydrogen-bond acceptors (Lipinski definition) is 3. The lowest BCUT2D eigenvalue weighted by Crippen LogP contribution is -2.22. The maximum Gasteiger partial charge on any atom is 0.263 e. The number of halogens is 1. The Morgan fingerprint density at radius 1 is 1.15 bits per heavy atom. The zero-order valence-corrected chi connectivity index (χ0v) is 16.1. The first-order chi connectivity index (χ1) is 12.6. The van der Waals surface area contributed by atoms with Gasteiger partial charge in [-0.2, -0.15) is 5.10 Å². The summed E-state index contributed by atoms with van der Waals surface area (Å²) in [6, 6.07) is 17.5.